The van der Waals surface area contributed by atoms with Crippen LogP contribution in [-0.4, -0.2) is 46.1 Å². The van der Waals surface area contributed by atoms with E-state index in [1.807, 2.05) is 79.7 Å². The predicted molar refractivity (Wildman–Crippen MR) is 178 cm³/mol. The van der Waals surface area contributed by atoms with Gasteiger partial charge in [0.25, 0.3) is 5.91 Å². The van der Waals surface area contributed by atoms with Crippen molar-refractivity contribution in [1.82, 2.24) is 10.2 Å². The van der Waals surface area contributed by atoms with E-state index in [2.05, 4.69) is 10.6 Å². The molecule has 4 aromatic carbocycles. The van der Waals surface area contributed by atoms with Gasteiger partial charge in [-0.2, -0.15) is 0 Å². The molecule has 0 aromatic heterocycles. The molecular formula is C37H43N3O5. The number of unbranched alkanes of at least 4 members (excludes halogenated alkanes) is 1. The summed E-state index contributed by atoms with van der Waals surface area (Å²) in [6, 6.07) is 25.7. The number of hydrogen-bond acceptors (Lipinski definition) is 5. The van der Waals surface area contributed by atoms with Gasteiger partial charge in [-0.1, -0.05) is 92.2 Å². The maximum atomic E-state index is 14.6. The van der Waals surface area contributed by atoms with Crippen LogP contribution in [-0.2, 0) is 20.7 Å². The average Bonchev–Trinajstić information content (AvgIpc) is 3.00. The van der Waals surface area contributed by atoms with E-state index in [0.717, 1.165) is 22.8 Å². The summed E-state index contributed by atoms with van der Waals surface area (Å²) in [4.78, 5) is 43.3. The van der Waals surface area contributed by atoms with E-state index < -0.39 is 35.6 Å². The number of phenolic OH excluding ortho intramolecular Hbond substituents is 1. The third-order valence-electron chi connectivity index (χ3n) is 7.45. The zero-order valence-electron chi connectivity index (χ0n) is 26.7. The van der Waals surface area contributed by atoms with Gasteiger partial charge in [0.15, 0.2) is 0 Å². The van der Waals surface area contributed by atoms with Gasteiger partial charge in [-0.05, 0) is 68.1 Å². The Morgan fingerprint density at radius 3 is 2.27 bits per heavy atom. The number of phenols is 1. The van der Waals surface area contributed by atoms with Gasteiger partial charge in [0.2, 0.25) is 5.91 Å². The van der Waals surface area contributed by atoms with Gasteiger partial charge in [-0.15, -0.1) is 0 Å². The zero-order chi connectivity index (χ0) is 32.6. The van der Waals surface area contributed by atoms with Crippen LogP contribution >= 0.6 is 0 Å². The molecule has 0 aliphatic heterocycles. The molecule has 0 aliphatic carbocycles. The summed E-state index contributed by atoms with van der Waals surface area (Å²) in [6.07, 6.45) is 0.803. The van der Waals surface area contributed by atoms with Crippen molar-refractivity contribution in [3.8, 4) is 5.75 Å². The van der Waals surface area contributed by atoms with Crippen LogP contribution in [0.2, 0.25) is 0 Å². The first-order chi connectivity index (χ1) is 21.5. The van der Waals surface area contributed by atoms with Crippen LogP contribution in [0.3, 0.4) is 0 Å². The normalized spacial score (nSPS) is 12.6. The molecule has 3 N–H and O–H groups in total. The van der Waals surface area contributed by atoms with Crippen molar-refractivity contribution in [2.45, 2.75) is 71.6 Å². The smallest absolute Gasteiger partial charge is 0.408 e. The number of carbonyl (C=O) groups is 3. The molecule has 2 unspecified atom stereocenters. The van der Waals surface area contributed by atoms with Gasteiger partial charge in [0.05, 0.1) is 0 Å². The molecule has 45 heavy (non-hydrogen) atoms. The fourth-order valence-corrected chi connectivity index (χ4v) is 5.23. The van der Waals surface area contributed by atoms with Crippen molar-refractivity contribution < 1.29 is 24.2 Å². The molecule has 236 valence electrons. The summed E-state index contributed by atoms with van der Waals surface area (Å²) in [7, 11) is 0. The largest absolute Gasteiger partial charge is 0.507 e. The van der Waals surface area contributed by atoms with Crippen molar-refractivity contribution in [1.29, 1.82) is 0 Å². The number of carbonyl (C=O) groups excluding carboxylic acids is 3. The lowest BCUT2D eigenvalue weighted by Crippen LogP contribution is -2.53. The minimum atomic E-state index is -1.19. The van der Waals surface area contributed by atoms with Crippen molar-refractivity contribution in [2.24, 2.45) is 0 Å². The highest BCUT2D eigenvalue weighted by Crippen LogP contribution is 2.34. The molecule has 0 aliphatic rings. The second-order valence-corrected chi connectivity index (χ2v) is 12.2. The topological polar surface area (TPSA) is 108 Å². The van der Waals surface area contributed by atoms with E-state index in [0.29, 0.717) is 23.2 Å². The minimum Gasteiger partial charge on any atom is -0.507 e. The van der Waals surface area contributed by atoms with Crippen LogP contribution in [0.25, 0.3) is 10.8 Å². The number of aryl methyl sites for hydroxylation is 1. The molecule has 0 saturated heterocycles. The SMILES string of the molecule is CCCCN(C(=O)C(Cc1ccccc1)NC(=O)OC(C)(C)C)C(C(=O)Nc1ccc2ccccc2c1)c1cccc(C)c1O. The van der Waals surface area contributed by atoms with Gasteiger partial charge in [0, 0.05) is 24.2 Å². The Hall–Kier alpha value is -4.85. The number of hydrogen-bond donors (Lipinski definition) is 3. The molecule has 0 bridgehead atoms. The summed E-state index contributed by atoms with van der Waals surface area (Å²) >= 11 is 0. The molecule has 0 radical (unpaired) electrons. The summed E-state index contributed by atoms with van der Waals surface area (Å²) in [5, 5.41) is 19.0. The summed E-state index contributed by atoms with van der Waals surface area (Å²) in [5.74, 6) is -1.01. The summed E-state index contributed by atoms with van der Waals surface area (Å²) in [6.45, 7) is 9.22. The fraction of sp³-hybridized carbons (Fsp3) is 0.324. The van der Waals surface area contributed by atoms with Crippen LogP contribution in [0.5, 0.6) is 5.75 Å². The van der Waals surface area contributed by atoms with E-state index in [1.54, 1.807) is 45.9 Å². The van der Waals surface area contributed by atoms with E-state index in [9.17, 15) is 19.5 Å². The number of benzene rings is 4. The molecule has 0 fully saturated rings. The number of fused-ring (bicyclic) bond motifs is 1. The standard InChI is InChI=1S/C37H43N3O5/c1-6-7-22-40(35(43)31(23-26-15-9-8-10-16-26)39-36(44)45-37(3,4)5)32(30-19-13-14-25(2)33(30)41)34(42)38-29-21-20-27-17-11-12-18-28(27)24-29/h8-21,24,31-32,41H,6-7,22-23H2,1-5H3,(H,38,42)(H,39,44). The second-order valence-electron chi connectivity index (χ2n) is 12.2. The maximum Gasteiger partial charge on any atom is 0.408 e. The molecule has 0 saturated carbocycles. The first kappa shape index (κ1) is 33.1. The monoisotopic (exact) mass is 609 g/mol. The highest BCUT2D eigenvalue weighted by molar-refractivity contribution is 6.00. The highest BCUT2D eigenvalue weighted by Gasteiger charge is 2.37. The zero-order valence-corrected chi connectivity index (χ0v) is 26.7. The Labute approximate surface area is 265 Å². The first-order valence-electron chi connectivity index (χ1n) is 15.4. The lowest BCUT2D eigenvalue weighted by molar-refractivity contribution is -0.141. The maximum absolute atomic E-state index is 14.6. The predicted octanol–water partition coefficient (Wildman–Crippen LogP) is 7.30. The third kappa shape index (κ3) is 8.85. The van der Waals surface area contributed by atoms with Gasteiger partial charge in [0.1, 0.15) is 23.4 Å². The Morgan fingerprint density at radius 2 is 1.58 bits per heavy atom. The molecular weight excluding hydrogens is 566 g/mol. The van der Waals surface area contributed by atoms with Gasteiger partial charge in [-0.25, -0.2) is 4.79 Å². The Balaban J connectivity index is 1.77. The van der Waals surface area contributed by atoms with Crippen molar-refractivity contribution >= 4 is 34.4 Å². The lowest BCUT2D eigenvalue weighted by atomic mass is 9.97. The molecule has 3 amide bonds. The molecule has 2 atom stereocenters. The Kier molecular flexibility index (Phi) is 10.8. The number of aromatic hydroxyl groups is 1. The third-order valence-corrected chi connectivity index (χ3v) is 7.45. The molecule has 8 heteroatoms. The van der Waals surface area contributed by atoms with E-state index >= 15 is 0 Å². The van der Waals surface area contributed by atoms with Crippen LogP contribution in [0.1, 0.15) is 63.3 Å². The van der Waals surface area contributed by atoms with E-state index in [1.165, 1.54) is 4.90 Å². The fourth-order valence-electron chi connectivity index (χ4n) is 5.23. The number of alkyl carbamates (subject to hydrolysis) is 1. The van der Waals surface area contributed by atoms with Crippen molar-refractivity contribution in [2.75, 3.05) is 11.9 Å². The molecule has 0 spiro atoms. The van der Waals surface area contributed by atoms with E-state index in [-0.39, 0.29) is 18.7 Å². The minimum absolute atomic E-state index is 0.0647. The molecule has 4 rings (SSSR count). The van der Waals surface area contributed by atoms with Crippen LogP contribution in [0.4, 0.5) is 10.5 Å². The number of rotatable bonds is 11. The van der Waals surface area contributed by atoms with E-state index in [4.69, 9.17) is 4.74 Å². The van der Waals surface area contributed by atoms with Gasteiger partial charge < -0.3 is 25.4 Å². The van der Waals surface area contributed by atoms with Crippen molar-refractivity contribution in [3.63, 3.8) is 0 Å². The lowest BCUT2D eigenvalue weighted by Gasteiger charge is -2.35. The van der Waals surface area contributed by atoms with Crippen LogP contribution in [0, 0.1) is 6.92 Å². The molecule has 4 aromatic rings. The number of para-hydroxylation sites is 1. The number of amides is 3. The van der Waals surface area contributed by atoms with Crippen LogP contribution in [0.15, 0.2) is 91.0 Å². The number of ether oxygens (including phenoxy) is 1. The highest BCUT2D eigenvalue weighted by atomic mass is 16.6. The average molecular weight is 610 g/mol. The van der Waals surface area contributed by atoms with Gasteiger partial charge in [-0.3, -0.25) is 9.59 Å². The first-order valence-corrected chi connectivity index (χ1v) is 15.4. The van der Waals surface area contributed by atoms with Gasteiger partial charge >= 0.3 is 6.09 Å². The Morgan fingerprint density at radius 1 is 0.889 bits per heavy atom. The number of nitrogens with one attached hydrogen (secondary N) is 2. The summed E-state index contributed by atoms with van der Waals surface area (Å²) in [5.41, 5.74) is 1.49. The van der Waals surface area contributed by atoms with Crippen molar-refractivity contribution in [3.05, 3.63) is 108 Å². The second kappa shape index (κ2) is 14.8. The number of anilines is 1. The number of nitrogens with zero attached hydrogens (tertiary/aromatic N) is 1. The molecule has 8 nitrogen and oxygen atoms in total. The Bertz CT molecular complexity index is 1630. The van der Waals surface area contributed by atoms with Crippen LogP contribution < -0.4 is 10.6 Å². The summed E-state index contributed by atoms with van der Waals surface area (Å²) < 4.78 is 5.52. The molecule has 0 heterocycles. The quantitative estimate of drug-likeness (QED) is 0.165.